The average Bonchev–Trinajstić information content (AvgIpc) is 3.42. The minimum absolute atomic E-state index is 0.0539. The highest BCUT2D eigenvalue weighted by Crippen LogP contribution is 2.41. The zero-order valence-corrected chi connectivity index (χ0v) is 21.3. The summed E-state index contributed by atoms with van der Waals surface area (Å²) < 4.78 is 21.3. The predicted octanol–water partition coefficient (Wildman–Crippen LogP) is 5.51. The van der Waals surface area contributed by atoms with Gasteiger partial charge in [-0.05, 0) is 52.8 Å². The number of rotatable bonds is 3. The van der Waals surface area contributed by atoms with E-state index in [1.807, 2.05) is 13.8 Å². The van der Waals surface area contributed by atoms with Crippen molar-refractivity contribution in [3.8, 4) is 11.3 Å². The second kappa shape index (κ2) is 9.77. The van der Waals surface area contributed by atoms with Gasteiger partial charge in [-0.25, -0.2) is 19.4 Å². The summed E-state index contributed by atoms with van der Waals surface area (Å²) in [6.45, 7) is 7.64. The van der Waals surface area contributed by atoms with Gasteiger partial charge in [0.05, 0.1) is 19.2 Å². The van der Waals surface area contributed by atoms with Crippen molar-refractivity contribution in [3.63, 3.8) is 0 Å². The summed E-state index contributed by atoms with van der Waals surface area (Å²) in [7, 11) is 0. The van der Waals surface area contributed by atoms with E-state index in [0.29, 0.717) is 34.2 Å². The van der Waals surface area contributed by atoms with Crippen molar-refractivity contribution in [2.24, 2.45) is 5.41 Å². The zero-order valence-electron chi connectivity index (χ0n) is 17.4. The van der Waals surface area contributed by atoms with Gasteiger partial charge in [0, 0.05) is 31.5 Å². The van der Waals surface area contributed by atoms with Gasteiger partial charge in [-0.1, -0.05) is 25.4 Å². The first-order valence-electron chi connectivity index (χ1n) is 10.4. The number of hydrogen-bond donors (Lipinski definition) is 0. The Morgan fingerprint density at radius 3 is 2.68 bits per heavy atom. The molecule has 0 bridgehead atoms. The fourth-order valence-corrected chi connectivity index (χ4v) is 5.71. The number of fused-ring (bicyclic) bond motifs is 1. The molecule has 0 aliphatic carbocycles. The summed E-state index contributed by atoms with van der Waals surface area (Å²) >= 11 is 8.39. The SMILES string of the molecule is CC.Fc1nccc(-c2nn(PI)c3nc(N4CCC5(CCOC5)CC4)cnc23)c1Cl. The largest absolute Gasteiger partial charge is 0.381 e. The number of pyridine rings is 1. The van der Waals surface area contributed by atoms with Crippen LogP contribution in [0.5, 0.6) is 0 Å². The Morgan fingerprint density at radius 1 is 1.23 bits per heavy atom. The van der Waals surface area contributed by atoms with E-state index in [0.717, 1.165) is 51.4 Å². The third-order valence-electron chi connectivity index (χ3n) is 5.88. The van der Waals surface area contributed by atoms with Crippen LogP contribution in [0.2, 0.25) is 5.02 Å². The van der Waals surface area contributed by atoms with Crippen LogP contribution in [0, 0.1) is 11.4 Å². The highest BCUT2D eigenvalue weighted by molar-refractivity contribution is 14.2. The van der Waals surface area contributed by atoms with E-state index in [2.05, 4.69) is 42.0 Å². The maximum Gasteiger partial charge on any atom is 0.232 e. The van der Waals surface area contributed by atoms with Crippen molar-refractivity contribution in [1.29, 1.82) is 0 Å². The molecular formula is C20H24ClFIN6OP. The molecule has 7 nitrogen and oxygen atoms in total. The van der Waals surface area contributed by atoms with Crippen LogP contribution >= 0.6 is 40.0 Å². The zero-order chi connectivity index (χ0) is 22.0. The molecule has 5 rings (SSSR count). The van der Waals surface area contributed by atoms with Gasteiger partial charge < -0.3 is 9.64 Å². The number of nitrogens with zero attached hydrogens (tertiary/aromatic N) is 6. The van der Waals surface area contributed by atoms with Crippen molar-refractivity contribution < 1.29 is 9.13 Å². The highest BCUT2D eigenvalue weighted by Gasteiger charge is 2.38. The summed E-state index contributed by atoms with van der Waals surface area (Å²) in [6.07, 6.45) is 6.87. The molecule has 2 saturated heterocycles. The first-order valence-corrected chi connectivity index (χ1v) is 14.8. The van der Waals surface area contributed by atoms with Crippen LogP contribution in [0.15, 0.2) is 18.5 Å². The number of halogens is 3. The lowest BCUT2D eigenvalue weighted by Crippen LogP contribution is -2.40. The molecule has 1 atom stereocenters. The molecule has 11 heteroatoms. The molecule has 2 aliphatic heterocycles. The Hall–Kier alpha value is -1.16. The van der Waals surface area contributed by atoms with E-state index in [1.54, 1.807) is 16.7 Å². The maximum atomic E-state index is 13.9. The normalized spacial score (nSPS) is 18.2. The molecule has 3 aromatic rings. The summed E-state index contributed by atoms with van der Waals surface area (Å²) in [5.74, 6) is 0.132. The molecule has 2 fully saturated rings. The number of aromatic nitrogens is 5. The van der Waals surface area contributed by atoms with Gasteiger partial charge in [0.25, 0.3) is 0 Å². The quantitative estimate of drug-likeness (QED) is 0.233. The Morgan fingerprint density at radius 2 is 2.00 bits per heavy atom. The number of anilines is 1. The minimum atomic E-state index is -0.716. The fourth-order valence-electron chi connectivity index (χ4n) is 4.13. The molecule has 1 spiro atoms. The predicted molar refractivity (Wildman–Crippen MR) is 132 cm³/mol. The Bertz CT molecular complexity index is 1070. The second-order valence-corrected chi connectivity index (χ2v) is 9.92. The Balaban J connectivity index is 0.00000112. The van der Waals surface area contributed by atoms with E-state index in [9.17, 15) is 4.39 Å². The summed E-state index contributed by atoms with van der Waals surface area (Å²) in [6, 6.07) is 1.65. The van der Waals surface area contributed by atoms with Gasteiger partial charge in [0.15, 0.2) is 5.65 Å². The van der Waals surface area contributed by atoms with Crippen molar-refractivity contribution in [1.82, 2.24) is 24.5 Å². The van der Waals surface area contributed by atoms with Crippen LogP contribution in [-0.4, -0.2) is 50.8 Å². The molecule has 0 N–H and O–H groups in total. The maximum absolute atomic E-state index is 13.9. The standard InChI is InChI=1S/C18H18ClFIN6OP.C2H6/c19-13-11(1-5-22-16(13)20)14-15-17(27(25-14)29-21)24-12(9-23-15)26-6-2-18(3-7-26)4-8-28-10-18;1-2/h1,5,9,29H,2-4,6-8,10H2;1-2H3. The molecule has 0 radical (unpaired) electrons. The van der Waals surface area contributed by atoms with Gasteiger partial charge in [-0.2, -0.15) is 9.49 Å². The van der Waals surface area contributed by atoms with Crippen molar-refractivity contribution >= 4 is 57.0 Å². The Kier molecular flexibility index (Phi) is 7.25. The number of hydrogen-bond acceptors (Lipinski definition) is 6. The topological polar surface area (TPSA) is 69.0 Å². The van der Waals surface area contributed by atoms with Crippen LogP contribution < -0.4 is 4.90 Å². The van der Waals surface area contributed by atoms with Gasteiger partial charge in [0.1, 0.15) is 22.1 Å². The van der Waals surface area contributed by atoms with Crippen LogP contribution in [0.1, 0.15) is 33.1 Å². The molecule has 3 aromatic heterocycles. The lowest BCUT2D eigenvalue weighted by molar-refractivity contribution is 0.133. The molecule has 0 aromatic carbocycles. The van der Waals surface area contributed by atoms with Crippen molar-refractivity contribution in [2.75, 3.05) is 31.2 Å². The first kappa shape index (κ1) is 23.0. The highest BCUT2D eigenvalue weighted by atomic mass is 127. The van der Waals surface area contributed by atoms with Gasteiger partial charge in [-0.15, -0.1) is 0 Å². The summed E-state index contributed by atoms with van der Waals surface area (Å²) in [5, 5.41) is 4.55. The molecular weight excluding hydrogens is 553 g/mol. The third kappa shape index (κ3) is 4.38. The van der Waals surface area contributed by atoms with Crippen molar-refractivity contribution in [3.05, 3.63) is 29.4 Å². The molecule has 5 heterocycles. The summed E-state index contributed by atoms with van der Waals surface area (Å²) in [5.41, 5.74) is 2.64. The van der Waals surface area contributed by atoms with Gasteiger partial charge >= 0.3 is 0 Å². The first-order chi connectivity index (χ1) is 15.1. The molecule has 2 aliphatic rings. The van der Waals surface area contributed by atoms with E-state index in [4.69, 9.17) is 21.3 Å². The smallest absolute Gasteiger partial charge is 0.232 e. The lowest BCUT2D eigenvalue weighted by Gasteiger charge is -2.38. The Labute approximate surface area is 200 Å². The van der Waals surface area contributed by atoms with Gasteiger partial charge in [-0.3, -0.25) is 0 Å². The number of ether oxygens (including phenoxy) is 1. The summed E-state index contributed by atoms with van der Waals surface area (Å²) in [4.78, 5) is 15.4. The van der Waals surface area contributed by atoms with Crippen LogP contribution in [-0.2, 0) is 4.74 Å². The average molecular weight is 577 g/mol. The van der Waals surface area contributed by atoms with Crippen molar-refractivity contribution in [2.45, 2.75) is 33.1 Å². The third-order valence-corrected chi connectivity index (χ3v) is 8.08. The second-order valence-electron chi connectivity index (χ2n) is 7.50. The molecule has 0 amide bonds. The monoisotopic (exact) mass is 576 g/mol. The fraction of sp³-hybridized carbons (Fsp3) is 0.500. The van der Waals surface area contributed by atoms with E-state index < -0.39 is 5.95 Å². The van der Waals surface area contributed by atoms with Gasteiger partial charge in [0.2, 0.25) is 5.95 Å². The molecule has 31 heavy (non-hydrogen) atoms. The molecule has 1 unspecified atom stereocenters. The van der Waals surface area contributed by atoms with Crippen LogP contribution in [0.4, 0.5) is 10.2 Å². The van der Waals surface area contributed by atoms with E-state index >= 15 is 0 Å². The lowest BCUT2D eigenvalue weighted by atomic mass is 9.78. The minimum Gasteiger partial charge on any atom is -0.381 e. The molecule has 166 valence electrons. The number of piperidine rings is 1. The molecule has 0 saturated carbocycles. The van der Waals surface area contributed by atoms with E-state index in [1.165, 1.54) is 6.20 Å². The van der Waals surface area contributed by atoms with Crippen LogP contribution in [0.25, 0.3) is 22.4 Å². The van der Waals surface area contributed by atoms with Crippen LogP contribution in [0.3, 0.4) is 0 Å². The van der Waals surface area contributed by atoms with E-state index in [-0.39, 0.29) is 5.02 Å².